The number of nitrogens with two attached hydrogens (primary N) is 1. The Morgan fingerprint density at radius 2 is 2.00 bits per heavy atom. The summed E-state index contributed by atoms with van der Waals surface area (Å²) >= 11 is 0. The number of nitrogens with zero attached hydrogens (tertiary/aromatic N) is 2. The predicted octanol–water partition coefficient (Wildman–Crippen LogP) is 1.89. The van der Waals surface area contributed by atoms with Crippen molar-refractivity contribution in [3.63, 3.8) is 0 Å². The van der Waals surface area contributed by atoms with Gasteiger partial charge in [0, 0.05) is 6.04 Å². The Morgan fingerprint density at radius 1 is 1.36 bits per heavy atom. The van der Waals surface area contributed by atoms with Crippen molar-refractivity contribution in [3.05, 3.63) is 0 Å². The Hall–Kier alpha value is -1.26. The molecule has 1 rings (SSSR count). The molecule has 3 N–H and O–H groups in total. The molecule has 1 aromatic rings. The van der Waals surface area contributed by atoms with Crippen LogP contribution in [0.2, 0.25) is 0 Å². The number of aromatic nitrogens is 2. The molecule has 0 aliphatic heterocycles. The second-order valence-electron chi connectivity index (χ2n) is 3.46. The lowest BCUT2D eigenvalue weighted by Crippen LogP contribution is -2.25. The van der Waals surface area contributed by atoms with Gasteiger partial charge in [0.15, 0.2) is 0 Å². The summed E-state index contributed by atoms with van der Waals surface area (Å²) in [5.74, 6) is 0.614. The van der Waals surface area contributed by atoms with Gasteiger partial charge in [-0.25, -0.2) is 0 Å². The van der Waals surface area contributed by atoms with E-state index in [4.69, 9.17) is 10.2 Å². The Kier molecular flexibility index (Phi) is 3.73. The van der Waals surface area contributed by atoms with Crippen LogP contribution in [0.3, 0.4) is 0 Å². The first kappa shape index (κ1) is 10.8. The molecular weight excluding hydrogens is 180 g/mol. The maximum Gasteiger partial charge on any atom is 0.317 e. The minimum absolute atomic E-state index is 0.101. The van der Waals surface area contributed by atoms with E-state index in [1.807, 2.05) is 0 Å². The summed E-state index contributed by atoms with van der Waals surface area (Å²) in [4.78, 5) is 0. The fraction of sp³-hybridized carbons (Fsp3) is 0.778. The van der Waals surface area contributed by atoms with Crippen molar-refractivity contribution >= 4 is 12.0 Å². The molecule has 0 aromatic carbocycles. The second-order valence-corrected chi connectivity index (χ2v) is 3.46. The Morgan fingerprint density at radius 3 is 2.43 bits per heavy atom. The third-order valence-electron chi connectivity index (χ3n) is 2.55. The summed E-state index contributed by atoms with van der Waals surface area (Å²) in [6.07, 6.45) is 2.27. The molecular formula is C9H18N4O. The van der Waals surface area contributed by atoms with Crippen molar-refractivity contribution in [2.24, 2.45) is 5.92 Å². The van der Waals surface area contributed by atoms with Crippen molar-refractivity contribution < 1.29 is 4.42 Å². The largest absolute Gasteiger partial charge is 0.390 e. The molecule has 1 aromatic heterocycles. The van der Waals surface area contributed by atoms with Crippen LogP contribution in [0.25, 0.3) is 0 Å². The zero-order valence-electron chi connectivity index (χ0n) is 8.95. The van der Waals surface area contributed by atoms with E-state index in [1.54, 1.807) is 0 Å². The van der Waals surface area contributed by atoms with Crippen LogP contribution in [-0.2, 0) is 0 Å². The number of nitrogen functional groups attached to an aromatic ring is 1. The molecule has 0 saturated heterocycles. The molecule has 0 bridgehead atoms. The van der Waals surface area contributed by atoms with Gasteiger partial charge in [-0.05, 0) is 12.8 Å². The summed E-state index contributed by atoms with van der Waals surface area (Å²) < 4.78 is 5.04. The zero-order chi connectivity index (χ0) is 10.6. The van der Waals surface area contributed by atoms with Crippen molar-refractivity contribution in [2.75, 3.05) is 11.1 Å². The summed E-state index contributed by atoms with van der Waals surface area (Å²) in [6, 6.07) is 0.830. The van der Waals surface area contributed by atoms with Crippen LogP contribution in [0, 0.1) is 5.92 Å². The van der Waals surface area contributed by atoms with E-state index in [9.17, 15) is 0 Å². The van der Waals surface area contributed by atoms with Gasteiger partial charge in [0.1, 0.15) is 0 Å². The number of rotatable bonds is 5. The van der Waals surface area contributed by atoms with Crippen LogP contribution in [0.5, 0.6) is 0 Å². The highest BCUT2D eigenvalue weighted by Crippen LogP contribution is 2.17. The first-order valence-electron chi connectivity index (χ1n) is 5.02. The monoisotopic (exact) mass is 198 g/mol. The summed E-state index contributed by atoms with van der Waals surface area (Å²) in [5.41, 5.74) is 5.32. The van der Waals surface area contributed by atoms with Gasteiger partial charge in [-0.2, -0.15) is 0 Å². The molecule has 0 aliphatic carbocycles. The molecule has 0 aliphatic rings. The lowest BCUT2D eigenvalue weighted by Gasteiger charge is -2.20. The quantitative estimate of drug-likeness (QED) is 0.755. The fourth-order valence-corrected chi connectivity index (χ4v) is 1.60. The van der Waals surface area contributed by atoms with Gasteiger partial charge in [-0.1, -0.05) is 36.9 Å². The number of hydrogen-bond donors (Lipinski definition) is 2. The highest BCUT2D eigenvalue weighted by atomic mass is 16.4. The molecule has 5 heteroatoms. The van der Waals surface area contributed by atoms with Crippen LogP contribution in [0.1, 0.15) is 33.6 Å². The molecule has 0 spiro atoms. The lowest BCUT2D eigenvalue weighted by molar-refractivity contribution is 0.427. The van der Waals surface area contributed by atoms with Crippen molar-refractivity contribution in [3.8, 4) is 0 Å². The second kappa shape index (κ2) is 4.83. The topological polar surface area (TPSA) is 77.0 Å². The normalized spacial score (nSPS) is 13.1. The maximum absolute atomic E-state index is 5.32. The third-order valence-corrected chi connectivity index (χ3v) is 2.55. The highest BCUT2D eigenvalue weighted by molar-refractivity contribution is 5.24. The van der Waals surface area contributed by atoms with Gasteiger partial charge in [-0.15, -0.1) is 0 Å². The molecule has 5 nitrogen and oxygen atoms in total. The predicted molar refractivity (Wildman–Crippen MR) is 55.9 cm³/mol. The Labute approximate surface area is 84.1 Å². The van der Waals surface area contributed by atoms with E-state index in [1.165, 1.54) is 0 Å². The minimum Gasteiger partial charge on any atom is -0.390 e. The number of hydrogen-bond acceptors (Lipinski definition) is 5. The standard InChI is InChI=1S/C9H18N4O/c1-4-7(5-2)6(3)11-9-13-12-8(10)14-9/h6-7H,4-5H2,1-3H3,(H2,10,12)(H,11,13). The minimum atomic E-state index is 0.101. The van der Waals surface area contributed by atoms with E-state index in [2.05, 4.69) is 36.3 Å². The zero-order valence-corrected chi connectivity index (χ0v) is 8.95. The molecule has 0 amide bonds. The number of nitrogens with one attached hydrogen (secondary N) is 1. The van der Waals surface area contributed by atoms with Crippen molar-refractivity contribution in [1.82, 2.24) is 10.2 Å². The van der Waals surface area contributed by atoms with Crippen molar-refractivity contribution in [1.29, 1.82) is 0 Å². The van der Waals surface area contributed by atoms with Crippen LogP contribution in [-0.4, -0.2) is 16.2 Å². The third kappa shape index (κ3) is 2.61. The van der Waals surface area contributed by atoms with Crippen LogP contribution in [0.15, 0.2) is 4.42 Å². The number of anilines is 2. The molecule has 0 saturated carbocycles. The maximum atomic E-state index is 5.32. The smallest absolute Gasteiger partial charge is 0.317 e. The van der Waals surface area contributed by atoms with Gasteiger partial charge in [-0.3, -0.25) is 0 Å². The fourth-order valence-electron chi connectivity index (χ4n) is 1.60. The van der Waals surface area contributed by atoms with Gasteiger partial charge < -0.3 is 15.5 Å². The average molecular weight is 198 g/mol. The Bertz CT molecular complexity index is 270. The molecule has 80 valence electrons. The summed E-state index contributed by atoms with van der Waals surface area (Å²) in [6.45, 7) is 6.46. The molecule has 1 atom stereocenters. The van der Waals surface area contributed by atoms with E-state index in [-0.39, 0.29) is 6.01 Å². The van der Waals surface area contributed by atoms with E-state index >= 15 is 0 Å². The molecule has 1 heterocycles. The van der Waals surface area contributed by atoms with E-state index < -0.39 is 0 Å². The molecule has 14 heavy (non-hydrogen) atoms. The van der Waals surface area contributed by atoms with Crippen LogP contribution < -0.4 is 11.1 Å². The highest BCUT2D eigenvalue weighted by Gasteiger charge is 2.15. The first-order chi connectivity index (χ1) is 6.67. The molecule has 1 unspecified atom stereocenters. The van der Waals surface area contributed by atoms with E-state index in [0.29, 0.717) is 18.0 Å². The molecule has 0 fully saturated rings. The lowest BCUT2D eigenvalue weighted by atomic mass is 9.96. The van der Waals surface area contributed by atoms with Crippen molar-refractivity contribution in [2.45, 2.75) is 39.7 Å². The van der Waals surface area contributed by atoms with Gasteiger partial charge in [0.25, 0.3) is 0 Å². The van der Waals surface area contributed by atoms with Crippen LogP contribution in [0.4, 0.5) is 12.0 Å². The van der Waals surface area contributed by atoms with Gasteiger partial charge >= 0.3 is 12.0 Å². The SMILES string of the molecule is CCC(CC)C(C)Nc1nnc(N)o1. The first-order valence-corrected chi connectivity index (χ1v) is 5.02. The van der Waals surface area contributed by atoms with E-state index in [0.717, 1.165) is 12.8 Å². The summed E-state index contributed by atoms with van der Waals surface area (Å²) in [7, 11) is 0. The summed E-state index contributed by atoms with van der Waals surface area (Å²) in [5, 5.41) is 10.5. The van der Waals surface area contributed by atoms with Crippen LogP contribution >= 0.6 is 0 Å². The van der Waals surface area contributed by atoms with Gasteiger partial charge in [0.05, 0.1) is 0 Å². The van der Waals surface area contributed by atoms with Gasteiger partial charge in [0.2, 0.25) is 0 Å². The average Bonchev–Trinajstić information content (AvgIpc) is 2.53. The Balaban J connectivity index is 2.51. The molecule has 0 radical (unpaired) electrons.